The molecule has 1 saturated heterocycles. The molecule has 39 heavy (non-hydrogen) atoms. The molecule has 0 radical (unpaired) electrons. The van der Waals surface area contributed by atoms with Crippen LogP contribution in [0.1, 0.15) is 75.6 Å². The lowest BCUT2D eigenvalue weighted by Crippen LogP contribution is -2.54. The van der Waals surface area contributed by atoms with Crippen molar-refractivity contribution in [1.82, 2.24) is 19.8 Å². The maximum absolute atomic E-state index is 12.8. The van der Waals surface area contributed by atoms with Crippen LogP contribution in [0.2, 0.25) is 0 Å². The third-order valence-electron chi connectivity index (χ3n) is 8.78. The quantitative estimate of drug-likeness (QED) is 0.426. The van der Waals surface area contributed by atoms with Crippen LogP contribution in [0.5, 0.6) is 0 Å². The number of benzene rings is 1. The molecule has 4 heterocycles. The fraction of sp³-hybridized carbons (Fsp3) is 0.516. The number of nitrogens with one attached hydrogen (secondary N) is 1. The van der Waals surface area contributed by atoms with Gasteiger partial charge < -0.3 is 19.7 Å². The molecule has 8 heteroatoms. The van der Waals surface area contributed by atoms with Gasteiger partial charge in [0.25, 0.3) is 0 Å². The van der Waals surface area contributed by atoms with E-state index in [1.807, 2.05) is 17.3 Å². The lowest BCUT2D eigenvalue weighted by molar-refractivity contribution is -0.136. The molecule has 2 aliphatic heterocycles. The molecule has 3 aromatic rings. The summed E-state index contributed by atoms with van der Waals surface area (Å²) >= 11 is 0. The molecule has 1 atom stereocenters. The van der Waals surface area contributed by atoms with Crippen molar-refractivity contribution in [1.29, 1.82) is 0 Å². The maximum Gasteiger partial charge on any atom is 0.408 e. The van der Waals surface area contributed by atoms with Crippen LogP contribution < -0.4 is 0 Å². The Hall–Kier alpha value is -3.39. The van der Waals surface area contributed by atoms with E-state index in [1.54, 1.807) is 4.90 Å². The van der Waals surface area contributed by atoms with Crippen LogP contribution in [0, 0.1) is 5.41 Å². The van der Waals surface area contributed by atoms with Crippen LogP contribution in [0.25, 0.3) is 22.2 Å². The molecule has 1 fully saturated rings. The topological polar surface area (TPSA) is 98.8 Å². The largest absolute Gasteiger partial charge is 0.465 e. The molecule has 2 N–H and O–H groups in total. The first kappa shape index (κ1) is 27.2. The number of nitrogens with zero attached hydrogens (tertiary/aromatic N) is 3. The minimum atomic E-state index is -0.901. The van der Waals surface area contributed by atoms with Gasteiger partial charge in [0.15, 0.2) is 0 Å². The van der Waals surface area contributed by atoms with E-state index in [0.29, 0.717) is 32.0 Å². The van der Waals surface area contributed by atoms with E-state index in [0.717, 1.165) is 46.1 Å². The average Bonchev–Trinajstić information content (AvgIpc) is 3.53. The highest BCUT2D eigenvalue weighted by Gasteiger charge is 2.54. The summed E-state index contributed by atoms with van der Waals surface area (Å²) in [6.45, 7) is 12.3. The number of H-pyrrole nitrogens is 1. The zero-order valence-electron chi connectivity index (χ0n) is 23.9. The third kappa shape index (κ3) is 4.48. The van der Waals surface area contributed by atoms with E-state index < -0.39 is 11.6 Å². The highest BCUT2D eigenvalue weighted by atomic mass is 16.5. The lowest BCUT2D eigenvalue weighted by atomic mass is 9.65. The summed E-state index contributed by atoms with van der Waals surface area (Å²) in [6.07, 6.45) is 5.27. The normalized spacial score (nSPS) is 19.7. The zero-order valence-corrected chi connectivity index (χ0v) is 23.9. The molecular weight excluding hydrogens is 492 g/mol. The zero-order chi connectivity index (χ0) is 28.1. The molecule has 8 nitrogen and oxygen atoms in total. The molecular formula is C31H40N4O4. The van der Waals surface area contributed by atoms with Crippen molar-refractivity contribution >= 4 is 23.0 Å². The fourth-order valence-corrected chi connectivity index (χ4v) is 6.83. The summed E-state index contributed by atoms with van der Waals surface area (Å²) in [6, 6.07) is 6.60. The Bertz CT molecular complexity index is 1420. The summed E-state index contributed by atoms with van der Waals surface area (Å²) in [7, 11) is 1.53. The van der Waals surface area contributed by atoms with Gasteiger partial charge in [0.1, 0.15) is 12.3 Å². The maximum atomic E-state index is 12.8. The van der Waals surface area contributed by atoms with Crippen molar-refractivity contribution in [2.45, 2.75) is 71.9 Å². The molecule has 2 amide bonds. The Balaban J connectivity index is 1.74. The summed E-state index contributed by atoms with van der Waals surface area (Å²) < 4.78 is 5.14. The van der Waals surface area contributed by atoms with Crippen molar-refractivity contribution in [2.75, 3.05) is 26.8 Å². The second-order valence-corrected chi connectivity index (χ2v) is 12.3. The number of aromatic amines is 1. The molecule has 0 aliphatic carbocycles. The summed E-state index contributed by atoms with van der Waals surface area (Å²) in [4.78, 5) is 37.0. The van der Waals surface area contributed by atoms with E-state index in [-0.39, 0.29) is 17.9 Å². The molecule has 0 spiro atoms. The first-order chi connectivity index (χ1) is 18.5. The molecule has 5 rings (SSSR count). The highest BCUT2D eigenvalue weighted by Crippen LogP contribution is 2.53. The summed E-state index contributed by atoms with van der Waals surface area (Å²) in [5.41, 5.74) is 6.29. The SMILES string of the molecule is COCC(=O)N1CCc2cc(-c3cnc4[nH]cc(C(C)C)c4c3)cc(C3(C(C)(C)C)CCCN3C(=O)O)c2C1. The number of aromatic nitrogens is 2. The van der Waals surface area contributed by atoms with Crippen LogP contribution in [0.15, 0.2) is 30.6 Å². The van der Waals surface area contributed by atoms with Crippen molar-refractivity contribution in [3.05, 3.63) is 52.8 Å². The molecule has 208 valence electrons. The lowest BCUT2D eigenvalue weighted by Gasteiger charge is -2.49. The van der Waals surface area contributed by atoms with Crippen LogP contribution in [0.3, 0.4) is 0 Å². The molecule has 2 aromatic heterocycles. The predicted molar refractivity (Wildman–Crippen MR) is 152 cm³/mol. The third-order valence-corrected chi connectivity index (χ3v) is 8.78. The van der Waals surface area contributed by atoms with Gasteiger partial charge in [0.2, 0.25) is 5.91 Å². The van der Waals surface area contributed by atoms with Crippen molar-refractivity contribution in [2.24, 2.45) is 5.41 Å². The number of amides is 2. The number of ether oxygens (including phenoxy) is 1. The Morgan fingerprint density at radius 2 is 1.95 bits per heavy atom. The van der Waals surface area contributed by atoms with E-state index >= 15 is 0 Å². The van der Waals surface area contributed by atoms with Crippen LogP contribution in [0.4, 0.5) is 4.79 Å². The van der Waals surface area contributed by atoms with Crippen molar-refractivity contribution in [3.8, 4) is 11.1 Å². The van der Waals surface area contributed by atoms with Gasteiger partial charge in [-0.05, 0) is 70.5 Å². The van der Waals surface area contributed by atoms with Gasteiger partial charge in [0.05, 0.1) is 5.54 Å². The average molecular weight is 533 g/mol. The minimum absolute atomic E-state index is 0.0367. The number of likely N-dealkylation sites (tertiary alicyclic amines) is 1. The number of fused-ring (bicyclic) bond motifs is 2. The molecule has 0 saturated carbocycles. The van der Waals surface area contributed by atoms with Crippen LogP contribution >= 0.6 is 0 Å². The van der Waals surface area contributed by atoms with Crippen LogP contribution in [-0.4, -0.2) is 63.7 Å². The van der Waals surface area contributed by atoms with Gasteiger partial charge in [0, 0.05) is 50.1 Å². The monoisotopic (exact) mass is 532 g/mol. The number of hydrogen-bond donors (Lipinski definition) is 2. The molecule has 1 unspecified atom stereocenters. The number of carbonyl (C=O) groups excluding carboxylic acids is 1. The van der Waals surface area contributed by atoms with Crippen LogP contribution in [-0.2, 0) is 28.0 Å². The number of pyridine rings is 1. The summed E-state index contributed by atoms with van der Waals surface area (Å²) in [5, 5.41) is 11.5. The van der Waals surface area contributed by atoms with Gasteiger partial charge in [-0.1, -0.05) is 40.7 Å². The second kappa shape index (κ2) is 9.97. The van der Waals surface area contributed by atoms with Gasteiger partial charge >= 0.3 is 6.09 Å². The Kier molecular flexibility index (Phi) is 6.95. The Labute approximate surface area is 230 Å². The smallest absolute Gasteiger partial charge is 0.408 e. The van der Waals surface area contributed by atoms with Crippen molar-refractivity contribution in [3.63, 3.8) is 0 Å². The van der Waals surface area contributed by atoms with Gasteiger partial charge in [-0.2, -0.15) is 0 Å². The second-order valence-electron chi connectivity index (χ2n) is 12.3. The number of carboxylic acid groups (broad SMARTS) is 1. The molecule has 2 aliphatic rings. The number of hydrogen-bond acceptors (Lipinski definition) is 4. The van der Waals surface area contributed by atoms with Gasteiger partial charge in [-0.3, -0.25) is 9.69 Å². The fourth-order valence-electron chi connectivity index (χ4n) is 6.83. The summed E-state index contributed by atoms with van der Waals surface area (Å²) in [5.74, 6) is 0.310. The van der Waals surface area contributed by atoms with E-state index in [4.69, 9.17) is 9.72 Å². The minimum Gasteiger partial charge on any atom is -0.465 e. The molecule has 1 aromatic carbocycles. The Morgan fingerprint density at radius 1 is 1.18 bits per heavy atom. The first-order valence-electron chi connectivity index (χ1n) is 13.9. The number of rotatable bonds is 5. The van der Waals surface area contributed by atoms with Gasteiger partial charge in [-0.25, -0.2) is 9.78 Å². The highest BCUT2D eigenvalue weighted by molar-refractivity contribution is 5.85. The number of methoxy groups -OCH3 is 1. The standard InChI is InChI=1S/C31H40N4O4/c1-19(2)24-16-33-28-23(24)13-22(15-32-28)21-12-20-8-11-34(27(36)18-39-6)17-25(20)26(14-21)31(30(3,4)5)9-7-10-35(31)29(37)38/h12-16,19H,7-11,17-18H2,1-6H3,(H,32,33)(H,37,38). The van der Waals surface area contributed by atoms with Crippen molar-refractivity contribution < 1.29 is 19.4 Å². The first-order valence-corrected chi connectivity index (χ1v) is 13.9. The van der Waals surface area contributed by atoms with Gasteiger partial charge in [-0.15, -0.1) is 0 Å². The Morgan fingerprint density at radius 3 is 2.62 bits per heavy atom. The predicted octanol–water partition coefficient (Wildman–Crippen LogP) is 5.90. The van der Waals surface area contributed by atoms with E-state index in [1.165, 1.54) is 18.2 Å². The molecule has 0 bridgehead atoms. The van der Waals surface area contributed by atoms with E-state index in [2.05, 4.69) is 57.8 Å². The number of carbonyl (C=O) groups is 2. The van der Waals surface area contributed by atoms with E-state index in [9.17, 15) is 14.7 Å².